The molecule has 20 heavy (non-hydrogen) atoms. The van der Waals surface area contributed by atoms with E-state index in [1.165, 1.54) is 11.2 Å². The van der Waals surface area contributed by atoms with Gasteiger partial charge in [0.2, 0.25) is 10.0 Å². The fraction of sp³-hybridized carbons (Fsp3) is 0.538. The highest BCUT2D eigenvalue weighted by molar-refractivity contribution is 7.98. The predicted octanol–water partition coefficient (Wildman–Crippen LogP) is 2.65. The molecule has 0 radical (unpaired) electrons. The SMILES string of the molecule is CSC[C@@H]1CCN(S(=O)(=O)c2cc(C)c(F)cc2F)C1. The minimum absolute atomic E-state index is 0.129. The maximum Gasteiger partial charge on any atom is 0.246 e. The van der Waals surface area contributed by atoms with Crippen molar-refractivity contribution in [3.8, 4) is 0 Å². The van der Waals surface area contributed by atoms with E-state index >= 15 is 0 Å². The van der Waals surface area contributed by atoms with Crippen LogP contribution < -0.4 is 0 Å². The molecule has 0 bridgehead atoms. The number of rotatable bonds is 4. The van der Waals surface area contributed by atoms with Crippen molar-refractivity contribution >= 4 is 21.8 Å². The minimum atomic E-state index is -3.88. The Hall–Kier alpha value is -0.660. The van der Waals surface area contributed by atoms with Crippen molar-refractivity contribution in [2.24, 2.45) is 5.92 Å². The summed E-state index contributed by atoms with van der Waals surface area (Å²) in [5.74, 6) is -0.578. The smallest absolute Gasteiger partial charge is 0.207 e. The van der Waals surface area contributed by atoms with Crippen molar-refractivity contribution in [2.45, 2.75) is 18.2 Å². The number of halogens is 2. The maximum absolute atomic E-state index is 13.8. The van der Waals surface area contributed by atoms with Crippen molar-refractivity contribution in [3.05, 3.63) is 29.3 Å². The Morgan fingerprint density at radius 2 is 2.05 bits per heavy atom. The van der Waals surface area contributed by atoms with E-state index in [1.54, 1.807) is 11.8 Å². The molecule has 0 amide bonds. The lowest BCUT2D eigenvalue weighted by Gasteiger charge is -2.17. The lowest BCUT2D eigenvalue weighted by atomic mass is 10.2. The molecule has 3 nitrogen and oxygen atoms in total. The molecule has 0 aromatic heterocycles. The van der Waals surface area contributed by atoms with E-state index in [2.05, 4.69) is 0 Å². The van der Waals surface area contributed by atoms with Crippen LogP contribution in [0.25, 0.3) is 0 Å². The number of aryl methyl sites for hydroxylation is 1. The van der Waals surface area contributed by atoms with Gasteiger partial charge in [-0.25, -0.2) is 17.2 Å². The van der Waals surface area contributed by atoms with E-state index in [1.807, 2.05) is 6.26 Å². The summed E-state index contributed by atoms with van der Waals surface area (Å²) in [5, 5.41) is 0. The monoisotopic (exact) mass is 321 g/mol. The molecule has 112 valence electrons. The molecule has 1 aromatic carbocycles. The van der Waals surface area contributed by atoms with E-state index in [0.717, 1.165) is 18.2 Å². The molecule has 1 aliphatic heterocycles. The average Bonchev–Trinajstić information content (AvgIpc) is 2.83. The third kappa shape index (κ3) is 2.99. The van der Waals surface area contributed by atoms with Crippen LogP contribution in [0.3, 0.4) is 0 Å². The molecule has 1 atom stereocenters. The normalized spacial score (nSPS) is 20.5. The lowest BCUT2D eigenvalue weighted by Crippen LogP contribution is -2.30. The fourth-order valence-electron chi connectivity index (χ4n) is 2.35. The van der Waals surface area contributed by atoms with Gasteiger partial charge in [-0.05, 0) is 42.9 Å². The van der Waals surface area contributed by atoms with E-state index in [0.29, 0.717) is 25.1 Å². The van der Waals surface area contributed by atoms with E-state index in [-0.39, 0.29) is 5.56 Å². The van der Waals surface area contributed by atoms with E-state index < -0.39 is 26.6 Å². The molecule has 0 unspecified atom stereocenters. The van der Waals surface area contributed by atoms with Crippen LogP contribution in [0.4, 0.5) is 8.78 Å². The molecule has 1 aliphatic rings. The van der Waals surface area contributed by atoms with Crippen LogP contribution in [0.2, 0.25) is 0 Å². The highest BCUT2D eigenvalue weighted by atomic mass is 32.2. The minimum Gasteiger partial charge on any atom is -0.207 e. The third-order valence-corrected chi connectivity index (χ3v) is 6.17. The lowest BCUT2D eigenvalue weighted by molar-refractivity contribution is 0.457. The van der Waals surface area contributed by atoms with Gasteiger partial charge in [0, 0.05) is 19.2 Å². The molecule has 0 saturated carbocycles. The van der Waals surface area contributed by atoms with Crippen molar-refractivity contribution < 1.29 is 17.2 Å². The number of nitrogens with zero attached hydrogens (tertiary/aromatic N) is 1. The Morgan fingerprint density at radius 1 is 1.35 bits per heavy atom. The van der Waals surface area contributed by atoms with E-state index in [4.69, 9.17) is 0 Å². The molecule has 1 fully saturated rings. The largest absolute Gasteiger partial charge is 0.246 e. The van der Waals surface area contributed by atoms with Gasteiger partial charge >= 0.3 is 0 Å². The van der Waals surface area contributed by atoms with E-state index in [9.17, 15) is 17.2 Å². The summed E-state index contributed by atoms with van der Waals surface area (Å²) < 4.78 is 53.2. The quantitative estimate of drug-likeness (QED) is 0.855. The first-order chi connectivity index (χ1) is 9.36. The summed E-state index contributed by atoms with van der Waals surface area (Å²) in [4.78, 5) is -0.429. The zero-order valence-corrected chi connectivity index (χ0v) is 13.0. The highest BCUT2D eigenvalue weighted by Crippen LogP contribution is 2.28. The van der Waals surface area contributed by atoms with Gasteiger partial charge in [0.1, 0.15) is 16.5 Å². The summed E-state index contributed by atoms with van der Waals surface area (Å²) >= 11 is 1.67. The number of thioether (sulfide) groups is 1. The topological polar surface area (TPSA) is 37.4 Å². The second-order valence-electron chi connectivity index (χ2n) is 5.00. The summed E-state index contributed by atoms with van der Waals surface area (Å²) in [6.45, 7) is 2.22. The van der Waals surface area contributed by atoms with Crippen molar-refractivity contribution in [1.82, 2.24) is 4.31 Å². The number of sulfonamides is 1. The van der Waals surface area contributed by atoms with Crippen molar-refractivity contribution in [2.75, 3.05) is 25.1 Å². The van der Waals surface area contributed by atoms with Crippen molar-refractivity contribution in [1.29, 1.82) is 0 Å². The molecule has 1 aromatic rings. The second-order valence-corrected chi connectivity index (χ2v) is 7.82. The molecule has 0 spiro atoms. The van der Waals surface area contributed by atoms with Crippen LogP contribution in [-0.2, 0) is 10.0 Å². The molecule has 2 rings (SSSR count). The average molecular weight is 321 g/mol. The summed E-state index contributed by atoms with van der Waals surface area (Å²) in [6.07, 6.45) is 2.75. The van der Waals surface area contributed by atoms with Crippen molar-refractivity contribution in [3.63, 3.8) is 0 Å². The van der Waals surface area contributed by atoms with Gasteiger partial charge in [-0.1, -0.05) is 0 Å². The first-order valence-corrected chi connectivity index (χ1v) is 9.14. The standard InChI is InChI=1S/C13H17F2NO2S2/c1-9-5-13(12(15)6-11(9)14)20(17,18)16-4-3-10(7-16)8-19-2/h5-6,10H,3-4,7-8H2,1-2H3/t10-/m1/s1. The van der Waals surface area contributed by atoms with Crippen LogP contribution >= 0.6 is 11.8 Å². The molecule has 1 saturated heterocycles. The molecular weight excluding hydrogens is 304 g/mol. The summed E-state index contributed by atoms with van der Waals surface area (Å²) in [5.41, 5.74) is 0.129. The summed E-state index contributed by atoms with van der Waals surface area (Å²) in [6, 6.07) is 1.71. The zero-order chi connectivity index (χ0) is 14.9. The van der Waals surface area contributed by atoms with Crippen LogP contribution in [-0.4, -0.2) is 37.8 Å². The van der Waals surface area contributed by atoms with Crippen LogP contribution in [0.5, 0.6) is 0 Å². The fourth-order valence-corrected chi connectivity index (χ4v) is 4.76. The Balaban J connectivity index is 2.30. The Labute approximate surface area is 122 Å². The predicted molar refractivity (Wildman–Crippen MR) is 76.3 cm³/mol. The van der Waals surface area contributed by atoms with Crippen LogP contribution in [0, 0.1) is 24.5 Å². The molecule has 0 N–H and O–H groups in total. The molecular formula is C13H17F2NO2S2. The Bertz CT molecular complexity index is 605. The van der Waals surface area contributed by atoms with Gasteiger partial charge in [-0.2, -0.15) is 16.1 Å². The Kier molecular flexibility index (Phi) is 4.71. The molecule has 1 heterocycles. The maximum atomic E-state index is 13.8. The second kappa shape index (κ2) is 5.99. The van der Waals surface area contributed by atoms with Gasteiger partial charge in [-0.15, -0.1) is 0 Å². The summed E-state index contributed by atoms with van der Waals surface area (Å²) in [7, 11) is -3.88. The molecule has 7 heteroatoms. The van der Waals surface area contributed by atoms with Gasteiger partial charge < -0.3 is 0 Å². The van der Waals surface area contributed by atoms with Gasteiger partial charge in [0.15, 0.2) is 0 Å². The van der Waals surface area contributed by atoms with Gasteiger partial charge in [-0.3, -0.25) is 0 Å². The highest BCUT2D eigenvalue weighted by Gasteiger charge is 2.34. The molecule has 0 aliphatic carbocycles. The van der Waals surface area contributed by atoms with Gasteiger partial charge in [0.05, 0.1) is 0 Å². The first-order valence-electron chi connectivity index (χ1n) is 6.31. The van der Waals surface area contributed by atoms with Gasteiger partial charge in [0.25, 0.3) is 0 Å². The van der Waals surface area contributed by atoms with Crippen LogP contribution in [0.15, 0.2) is 17.0 Å². The number of benzene rings is 1. The number of hydrogen-bond acceptors (Lipinski definition) is 3. The Morgan fingerprint density at radius 3 is 2.70 bits per heavy atom. The first kappa shape index (κ1) is 15.7. The number of hydrogen-bond donors (Lipinski definition) is 0. The van der Waals surface area contributed by atoms with Crippen LogP contribution in [0.1, 0.15) is 12.0 Å². The zero-order valence-electron chi connectivity index (χ0n) is 11.4. The third-order valence-electron chi connectivity index (χ3n) is 3.48.